The lowest BCUT2D eigenvalue weighted by atomic mass is 10.1. The lowest BCUT2D eigenvalue weighted by molar-refractivity contribution is 0.0938. The van der Waals surface area contributed by atoms with Gasteiger partial charge in [-0.1, -0.05) is 36.4 Å². The molecule has 1 aromatic heterocycles. The summed E-state index contributed by atoms with van der Waals surface area (Å²) in [6.07, 6.45) is 5.87. The van der Waals surface area contributed by atoms with E-state index in [4.69, 9.17) is 0 Å². The van der Waals surface area contributed by atoms with Gasteiger partial charge in [0.2, 0.25) is 0 Å². The summed E-state index contributed by atoms with van der Waals surface area (Å²) in [5, 5.41) is 0. The number of carbonyl (C=O) groups is 1. The molecule has 1 amide bonds. The van der Waals surface area contributed by atoms with Crippen molar-refractivity contribution in [3.05, 3.63) is 77.8 Å². The van der Waals surface area contributed by atoms with Crippen LogP contribution in [0.2, 0.25) is 0 Å². The molecule has 0 aliphatic carbocycles. The average molecular weight is 267 g/mol. The highest BCUT2D eigenvalue weighted by Gasteiger charge is 2.05. The van der Waals surface area contributed by atoms with E-state index < -0.39 is 0 Å². The largest absolute Gasteiger partial charge is 0.302 e. The molecule has 20 heavy (non-hydrogen) atoms. The average Bonchev–Trinajstić information content (AvgIpc) is 2.53. The Labute approximate surface area is 118 Å². The molecular formula is C16H17N3O. The van der Waals surface area contributed by atoms with E-state index in [0.717, 1.165) is 12.1 Å². The van der Waals surface area contributed by atoms with Gasteiger partial charge in [-0.25, -0.2) is 0 Å². The van der Waals surface area contributed by atoms with E-state index in [1.54, 1.807) is 24.5 Å². The third-order valence-electron chi connectivity index (χ3n) is 2.86. The van der Waals surface area contributed by atoms with Crippen molar-refractivity contribution in [2.45, 2.75) is 13.3 Å². The molecule has 4 nitrogen and oxygen atoms in total. The SMILES string of the molecule is CC=C(Cc1ccccc1)NNC(=O)c1ccncc1. The van der Waals surface area contributed by atoms with Gasteiger partial charge in [-0.05, 0) is 24.6 Å². The van der Waals surface area contributed by atoms with Crippen molar-refractivity contribution < 1.29 is 4.79 Å². The fourth-order valence-corrected chi connectivity index (χ4v) is 1.75. The molecule has 4 heteroatoms. The monoisotopic (exact) mass is 267 g/mol. The van der Waals surface area contributed by atoms with Gasteiger partial charge in [-0.2, -0.15) is 0 Å². The predicted octanol–water partition coefficient (Wildman–Crippen LogP) is 2.46. The van der Waals surface area contributed by atoms with Crippen molar-refractivity contribution in [1.82, 2.24) is 15.8 Å². The second-order valence-corrected chi connectivity index (χ2v) is 4.29. The second kappa shape index (κ2) is 7.09. The highest BCUT2D eigenvalue weighted by atomic mass is 16.2. The number of allylic oxidation sites excluding steroid dienone is 2. The Kier molecular flexibility index (Phi) is 4.89. The first-order chi connectivity index (χ1) is 9.79. The first-order valence-corrected chi connectivity index (χ1v) is 6.45. The van der Waals surface area contributed by atoms with Gasteiger partial charge in [0.25, 0.3) is 5.91 Å². The molecule has 0 unspecified atom stereocenters. The Morgan fingerprint density at radius 2 is 1.80 bits per heavy atom. The molecule has 0 saturated heterocycles. The summed E-state index contributed by atoms with van der Waals surface area (Å²) >= 11 is 0. The minimum absolute atomic E-state index is 0.181. The number of pyridine rings is 1. The molecule has 2 aromatic rings. The number of hydrazine groups is 1. The van der Waals surface area contributed by atoms with Gasteiger partial charge in [-0.3, -0.25) is 15.2 Å². The van der Waals surface area contributed by atoms with Crippen molar-refractivity contribution in [3.8, 4) is 0 Å². The highest BCUT2D eigenvalue weighted by Crippen LogP contribution is 2.05. The summed E-state index contributed by atoms with van der Waals surface area (Å²) in [6, 6.07) is 13.4. The maximum Gasteiger partial charge on any atom is 0.269 e. The van der Waals surface area contributed by atoms with Crippen LogP contribution in [0.15, 0.2) is 66.6 Å². The standard InChI is InChI=1S/C16H17N3O/c1-2-15(12-13-6-4-3-5-7-13)18-19-16(20)14-8-10-17-11-9-14/h2-11,18H,12H2,1H3,(H,19,20). The predicted molar refractivity (Wildman–Crippen MR) is 78.7 cm³/mol. The summed E-state index contributed by atoms with van der Waals surface area (Å²) in [5.41, 5.74) is 8.34. The van der Waals surface area contributed by atoms with E-state index in [0.29, 0.717) is 5.56 Å². The number of rotatable bonds is 5. The van der Waals surface area contributed by atoms with Crippen LogP contribution in [0.4, 0.5) is 0 Å². The summed E-state index contributed by atoms with van der Waals surface area (Å²) in [6.45, 7) is 1.93. The second-order valence-electron chi connectivity index (χ2n) is 4.29. The fraction of sp³-hybridized carbons (Fsp3) is 0.125. The summed E-state index contributed by atoms with van der Waals surface area (Å²) in [7, 11) is 0. The molecule has 0 saturated carbocycles. The van der Waals surface area contributed by atoms with Gasteiger partial charge >= 0.3 is 0 Å². The molecule has 0 aliphatic rings. The number of nitrogens with one attached hydrogen (secondary N) is 2. The molecule has 0 fully saturated rings. The van der Waals surface area contributed by atoms with Crippen molar-refractivity contribution in [2.24, 2.45) is 0 Å². The Hall–Kier alpha value is -2.62. The number of hydrogen-bond donors (Lipinski definition) is 2. The summed E-state index contributed by atoms with van der Waals surface area (Å²) < 4.78 is 0. The summed E-state index contributed by atoms with van der Waals surface area (Å²) in [5.74, 6) is -0.181. The van der Waals surface area contributed by atoms with Crippen LogP contribution in [0.3, 0.4) is 0 Å². The van der Waals surface area contributed by atoms with E-state index in [1.165, 1.54) is 5.56 Å². The zero-order valence-electron chi connectivity index (χ0n) is 11.3. The summed E-state index contributed by atoms with van der Waals surface area (Å²) in [4.78, 5) is 15.8. The maximum atomic E-state index is 11.9. The van der Waals surface area contributed by atoms with Gasteiger partial charge in [0.1, 0.15) is 0 Å². The number of carbonyl (C=O) groups excluding carboxylic acids is 1. The number of nitrogens with zero attached hydrogens (tertiary/aromatic N) is 1. The van der Waals surface area contributed by atoms with E-state index >= 15 is 0 Å². The minimum atomic E-state index is -0.181. The van der Waals surface area contributed by atoms with Gasteiger partial charge in [0.15, 0.2) is 0 Å². The third-order valence-corrected chi connectivity index (χ3v) is 2.86. The van der Waals surface area contributed by atoms with Crippen molar-refractivity contribution in [2.75, 3.05) is 0 Å². The number of aromatic nitrogens is 1. The third kappa shape index (κ3) is 3.95. The molecule has 0 aliphatic heterocycles. The van der Waals surface area contributed by atoms with Crippen molar-refractivity contribution >= 4 is 5.91 Å². The van der Waals surface area contributed by atoms with Crippen LogP contribution in [0, 0.1) is 0 Å². The molecule has 2 N–H and O–H groups in total. The Balaban J connectivity index is 1.90. The fourth-order valence-electron chi connectivity index (χ4n) is 1.75. The van der Waals surface area contributed by atoms with E-state index in [9.17, 15) is 4.79 Å². The minimum Gasteiger partial charge on any atom is -0.302 e. The molecule has 0 radical (unpaired) electrons. The van der Waals surface area contributed by atoms with Gasteiger partial charge in [0.05, 0.1) is 0 Å². The Morgan fingerprint density at radius 3 is 2.45 bits per heavy atom. The number of hydrogen-bond acceptors (Lipinski definition) is 3. The molecule has 1 aromatic carbocycles. The molecule has 0 spiro atoms. The smallest absolute Gasteiger partial charge is 0.269 e. The first kappa shape index (κ1) is 13.8. The van der Waals surface area contributed by atoms with Gasteiger partial charge < -0.3 is 5.43 Å². The quantitative estimate of drug-likeness (QED) is 0.818. The lowest BCUT2D eigenvalue weighted by Gasteiger charge is -2.12. The molecular weight excluding hydrogens is 250 g/mol. The maximum absolute atomic E-state index is 11.9. The highest BCUT2D eigenvalue weighted by molar-refractivity contribution is 5.93. The Morgan fingerprint density at radius 1 is 1.10 bits per heavy atom. The topological polar surface area (TPSA) is 54.0 Å². The normalized spacial score (nSPS) is 10.9. The van der Waals surface area contributed by atoms with E-state index in [2.05, 4.69) is 28.0 Å². The van der Waals surface area contributed by atoms with E-state index in [-0.39, 0.29) is 5.91 Å². The van der Waals surface area contributed by atoms with Crippen LogP contribution in [0.5, 0.6) is 0 Å². The molecule has 1 heterocycles. The number of benzene rings is 1. The van der Waals surface area contributed by atoms with Crippen LogP contribution in [0.25, 0.3) is 0 Å². The van der Waals surface area contributed by atoms with Crippen LogP contribution in [-0.4, -0.2) is 10.9 Å². The van der Waals surface area contributed by atoms with Crippen LogP contribution < -0.4 is 10.9 Å². The molecule has 2 rings (SSSR count). The molecule has 0 bridgehead atoms. The molecule has 0 atom stereocenters. The van der Waals surface area contributed by atoms with Crippen LogP contribution >= 0.6 is 0 Å². The lowest BCUT2D eigenvalue weighted by Crippen LogP contribution is -2.37. The number of amides is 1. The van der Waals surface area contributed by atoms with Gasteiger partial charge in [-0.15, -0.1) is 0 Å². The zero-order chi connectivity index (χ0) is 14.2. The van der Waals surface area contributed by atoms with Crippen LogP contribution in [-0.2, 0) is 6.42 Å². The van der Waals surface area contributed by atoms with E-state index in [1.807, 2.05) is 31.2 Å². The van der Waals surface area contributed by atoms with Crippen molar-refractivity contribution in [3.63, 3.8) is 0 Å². The zero-order valence-corrected chi connectivity index (χ0v) is 11.3. The van der Waals surface area contributed by atoms with Gasteiger partial charge in [0, 0.05) is 30.1 Å². The molecule has 102 valence electrons. The van der Waals surface area contributed by atoms with Crippen LogP contribution in [0.1, 0.15) is 22.8 Å². The Bertz CT molecular complexity index is 579. The first-order valence-electron chi connectivity index (χ1n) is 6.45. The van der Waals surface area contributed by atoms with Crippen molar-refractivity contribution in [1.29, 1.82) is 0 Å².